The SMILES string of the molecule is Cc1ccc(C2=C(N3CCCC3)C(=O)N(c3ccccc3OC(C)C)C2=O)cc1. The third-order valence-corrected chi connectivity index (χ3v) is 5.29. The van der Waals surface area contributed by atoms with Crippen LogP contribution in [0.3, 0.4) is 0 Å². The Morgan fingerprint density at radius 3 is 2.21 bits per heavy atom. The molecule has 0 aliphatic carbocycles. The van der Waals surface area contributed by atoms with Crippen molar-refractivity contribution in [2.75, 3.05) is 18.0 Å². The first-order valence-corrected chi connectivity index (χ1v) is 10.2. The minimum atomic E-state index is -0.291. The number of hydrogen-bond acceptors (Lipinski definition) is 4. The summed E-state index contributed by atoms with van der Waals surface area (Å²) in [5.41, 5.74) is 3.38. The molecule has 0 aromatic heterocycles. The molecular weight excluding hydrogens is 364 g/mol. The van der Waals surface area contributed by atoms with E-state index >= 15 is 0 Å². The molecule has 0 radical (unpaired) electrons. The Hall–Kier alpha value is -3.08. The van der Waals surface area contributed by atoms with E-state index < -0.39 is 0 Å². The highest BCUT2D eigenvalue weighted by molar-refractivity contribution is 6.45. The van der Waals surface area contributed by atoms with Crippen molar-refractivity contribution in [3.05, 3.63) is 65.4 Å². The molecule has 2 aromatic carbocycles. The summed E-state index contributed by atoms with van der Waals surface area (Å²) in [6.45, 7) is 7.45. The molecule has 2 heterocycles. The molecule has 2 aliphatic heterocycles. The summed E-state index contributed by atoms with van der Waals surface area (Å²) in [6, 6.07) is 15.0. The maximum absolute atomic E-state index is 13.6. The van der Waals surface area contributed by atoms with Crippen molar-refractivity contribution < 1.29 is 14.3 Å². The average Bonchev–Trinajstić information content (AvgIpc) is 3.29. The van der Waals surface area contributed by atoms with Gasteiger partial charge >= 0.3 is 0 Å². The fourth-order valence-corrected chi connectivity index (χ4v) is 3.95. The number of nitrogens with zero attached hydrogens (tertiary/aromatic N) is 2. The summed E-state index contributed by atoms with van der Waals surface area (Å²) >= 11 is 0. The first-order chi connectivity index (χ1) is 14.0. The Labute approximate surface area is 171 Å². The van der Waals surface area contributed by atoms with Gasteiger partial charge < -0.3 is 9.64 Å². The van der Waals surface area contributed by atoms with E-state index in [1.54, 1.807) is 12.1 Å². The number of para-hydroxylation sites is 2. The number of imide groups is 1. The zero-order valence-electron chi connectivity index (χ0n) is 17.1. The van der Waals surface area contributed by atoms with Gasteiger partial charge in [-0.2, -0.15) is 0 Å². The number of benzene rings is 2. The molecule has 1 saturated heterocycles. The maximum Gasteiger partial charge on any atom is 0.282 e. The van der Waals surface area contributed by atoms with Gasteiger partial charge in [0.2, 0.25) is 0 Å². The van der Waals surface area contributed by atoms with Gasteiger partial charge in [0.05, 0.1) is 17.4 Å². The van der Waals surface area contributed by atoms with Crippen LogP contribution in [0.1, 0.15) is 37.8 Å². The molecule has 0 spiro atoms. The standard InChI is InChI=1S/C24H26N2O3/c1-16(2)29-20-9-5-4-8-19(20)26-23(27)21(18-12-10-17(3)11-13-18)22(24(26)28)25-14-6-7-15-25/h4-5,8-13,16H,6-7,14-15H2,1-3H3. The van der Waals surface area contributed by atoms with Crippen LogP contribution in [0.25, 0.3) is 5.57 Å². The second-order valence-corrected chi connectivity index (χ2v) is 7.86. The smallest absolute Gasteiger partial charge is 0.282 e. The first kappa shape index (κ1) is 19.2. The lowest BCUT2D eigenvalue weighted by Gasteiger charge is -2.22. The van der Waals surface area contributed by atoms with Gasteiger partial charge in [-0.3, -0.25) is 9.59 Å². The summed E-state index contributed by atoms with van der Waals surface area (Å²) in [7, 11) is 0. The van der Waals surface area contributed by atoms with Gasteiger partial charge in [0.1, 0.15) is 11.4 Å². The maximum atomic E-state index is 13.6. The van der Waals surface area contributed by atoms with E-state index in [2.05, 4.69) is 4.90 Å². The van der Waals surface area contributed by atoms with E-state index in [1.807, 2.05) is 57.2 Å². The van der Waals surface area contributed by atoms with Crippen LogP contribution < -0.4 is 9.64 Å². The third-order valence-electron chi connectivity index (χ3n) is 5.29. The number of likely N-dealkylation sites (tertiary alicyclic amines) is 1. The van der Waals surface area contributed by atoms with Crippen LogP contribution >= 0.6 is 0 Å². The summed E-state index contributed by atoms with van der Waals surface area (Å²) in [6.07, 6.45) is 1.99. The fraction of sp³-hybridized carbons (Fsp3) is 0.333. The molecule has 2 amide bonds. The minimum Gasteiger partial charge on any atom is -0.489 e. The van der Waals surface area contributed by atoms with Gasteiger partial charge in [0.25, 0.3) is 11.8 Å². The zero-order valence-corrected chi connectivity index (χ0v) is 17.1. The number of aryl methyl sites for hydroxylation is 1. The van der Waals surface area contributed by atoms with Gasteiger partial charge in [-0.15, -0.1) is 0 Å². The Balaban J connectivity index is 1.82. The van der Waals surface area contributed by atoms with Crippen LogP contribution in [0.4, 0.5) is 5.69 Å². The molecule has 0 bridgehead atoms. The van der Waals surface area contributed by atoms with E-state index in [9.17, 15) is 9.59 Å². The number of hydrogen-bond donors (Lipinski definition) is 0. The Kier molecular flexibility index (Phi) is 5.14. The van der Waals surface area contributed by atoms with Crippen LogP contribution in [0, 0.1) is 6.92 Å². The van der Waals surface area contributed by atoms with E-state index in [0.717, 1.165) is 37.1 Å². The molecule has 29 heavy (non-hydrogen) atoms. The second kappa shape index (κ2) is 7.74. The van der Waals surface area contributed by atoms with Crippen molar-refractivity contribution in [2.45, 2.75) is 39.7 Å². The lowest BCUT2D eigenvalue weighted by molar-refractivity contribution is -0.120. The zero-order chi connectivity index (χ0) is 20.5. The lowest BCUT2D eigenvalue weighted by Crippen LogP contribution is -2.35. The molecule has 2 aliphatic rings. The largest absolute Gasteiger partial charge is 0.489 e. The summed E-state index contributed by atoms with van der Waals surface area (Å²) in [5, 5.41) is 0. The molecule has 0 unspecified atom stereocenters. The van der Waals surface area contributed by atoms with Gasteiger partial charge in [-0.1, -0.05) is 42.0 Å². The van der Waals surface area contributed by atoms with E-state index in [1.165, 1.54) is 4.90 Å². The topological polar surface area (TPSA) is 49.9 Å². The Morgan fingerprint density at radius 1 is 0.897 bits per heavy atom. The Morgan fingerprint density at radius 2 is 1.55 bits per heavy atom. The monoisotopic (exact) mass is 390 g/mol. The molecule has 150 valence electrons. The second-order valence-electron chi connectivity index (χ2n) is 7.86. The number of ether oxygens (including phenoxy) is 1. The van der Waals surface area contributed by atoms with Crippen LogP contribution in [-0.4, -0.2) is 35.9 Å². The fourth-order valence-electron chi connectivity index (χ4n) is 3.95. The molecule has 0 atom stereocenters. The minimum absolute atomic E-state index is 0.0634. The summed E-state index contributed by atoms with van der Waals surface area (Å²) in [5.74, 6) is -0.0250. The highest BCUT2D eigenvalue weighted by Gasteiger charge is 2.43. The third kappa shape index (κ3) is 3.53. The van der Waals surface area contributed by atoms with Crippen molar-refractivity contribution in [1.29, 1.82) is 0 Å². The first-order valence-electron chi connectivity index (χ1n) is 10.2. The number of rotatable bonds is 5. The molecule has 2 aromatic rings. The number of anilines is 1. The number of carbonyl (C=O) groups excluding carboxylic acids is 2. The highest BCUT2D eigenvalue weighted by atomic mass is 16.5. The normalized spacial score (nSPS) is 17.1. The van der Waals surface area contributed by atoms with E-state index in [4.69, 9.17) is 4.74 Å². The molecule has 0 N–H and O–H groups in total. The van der Waals surface area contributed by atoms with E-state index in [0.29, 0.717) is 22.7 Å². The van der Waals surface area contributed by atoms with Gasteiger partial charge in [-0.25, -0.2) is 4.90 Å². The molecule has 5 heteroatoms. The summed E-state index contributed by atoms with van der Waals surface area (Å²) < 4.78 is 5.89. The summed E-state index contributed by atoms with van der Waals surface area (Å²) in [4.78, 5) is 30.4. The Bertz CT molecular complexity index is 970. The van der Waals surface area contributed by atoms with E-state index in [-0.39, 0.29) is 17.9 Å². The predicted octanol–water partition coefficient (Wildman–Crippen LogP) is 4.16. The molecule has 4 rings (SSSR count). The predicted molar refractivity (Wildman–Crippen MR) is 114 cm³/mol. The van der Waals surface area contributed by atoms with Crippen molar-refractivity contribution >= 4 is 23.1 Å². The molecular formula is C24H26N2O3. The van der Waals surface area contributed by atoms with Crippen LogP contribution in [0.2, 0.25) is 0 Å². The quantitative estimate of drug-likeness (QED) is 0.720. The molecule has 0 saturated carbocycles. The van der Waals surface area contributed by atoms with Crippen molar-refractivity contribution in [2.24, 2.45) is 0 Å². The highest BCUT2D eigenvalue weighted by Crippen LogP contribution is 2.39. The molecule has 5 nitrogen and oxygen atoms in total. The van der Waals surface area contributed by atoms with Gasteiger partial charge in [0.15, 0.2) is 0 Å². The number of carbonyl (C=O) groups is 2. The van der Waals surface area contributed by atoms with Crippen LogP contribution in [0.5, 0.6) is 5.75 Å². The van der Waals surface area contributed by atoms with Gasteiger partial charge in [-0.05, 0) is 51.3 Å². The average molecular weight is 390 g/mol. The number of amides is 2. The van der Waals surface area contributed by atoms with Crippen molar-refractivity contribution in [1.82, 2.24) is 4.90 Å². The lowest BCUT2D eigenvalue weighted by atomic mass is 10.0. The van der Waals surface area contributed by atoms with Crippen molar-refractivity contribution in [3.63, 3.8) is 0 Å². The van der Waals surface area contributed by atoms with Crippen LogP contribution in [-0.2, 0) is 9.59 Å². The van der Waals surface area contributed by atoms with Crippen LogP contribution in [0.15, 0.2) is 54.2 Å². The molecule has 1 fully saturated rings. The van der Waals surface area contributed by atoms with Crippen molar-refractivity contribution in [3.8, 4) is 5.75 Å². The van der Waals surface area contributed by atoms with Gasteiger partial charge in [0, 0.05) is 13.1 Å².